The second-order valence-corrected chi connectivity index (χ2v) is 14.9. The van der Waals surface area contributed by atoms with Gasteiger partial charge in [0.1, 0.15) is 17.7 Å². The van der Waals surface area contributed by atoms with Crippen molar-refractivity contribution in [1.82, 2.24) is 14.8 Å². The summed E-state index contributed by atoms with van der Waals surface area (Å²) in [4.78, 5) is 42.2. The van der Waals surface area contributed by atoms with Crippen LogP contribution in [0.4, 0.5) is 22.0 Å². The van der Waals surface area contributed by atoms with Crippen molar-refractivity contribution in [1.29, 1.82) is 0 Å². The van der Waals surface area contributed by atoms with Crippen LogP contribution in [0, 0.1) is 50.2 Å². The fraction of sp³-hybridized carbons (Fsp3) is 0.488. The smallest absolute Gasteiger partial charge is 0.416 e. The van der Waals surface area contributed by atoms with Crippen LogP contribution in [0.15, 0.2) is 35.3 Å². The monoisotopic (exact) mass is 739 g/mol. The van der Waals surface area contributed by atoms with Crippen LogP contribution in [0.1, 0.15) is 116 Å². The molecule has 12 heteroatoms. The van der Waals surface area contributed by atoms with Gasteiger partial charge in [-0.25, -0.2) is 8.78 Å². The Morgan fingerprint density at radius 2 is 1.60 bits per heavy atom. The fourth-order valence-corrected chi connectivity index (χ4v) is 7.83. The molecule has 5 rings (SSSR count). The Hall–Kier alpha value is -4.50. The van der Waals surface area contributed by atoms with Gasteiger partial charge in [-0.3, -0.25) is 14.4 Å². The summed E-state index contributed by atoms with van der Waals surface area (Å²) in [6, 6.07) is 2.70. The Labute approximate surface area is 306 Å². The van der Waals surface area contributed by atoms with E-state index in [0.717, 1.165) is 29.2 Å². The molecule has 7 nitrogen and oxygen atoms in total. The Bertz CT molecular complexity index is 1990. The molecule has 1 amide bonds. The van der Waals surface area contributed by atoms with Gasteiger partial charge in [-0.1, -0.05) is 37.5 Å². The Balaban J connectivity index is 1.61. The molecule has 0 radical (unpaired) electrons. The first-order chi connectivity index (χ1) is 24.9. The number of likely N-dealkylation sites (tertiary alicyclic amines) is 1. The van der Waals surface area contributed by atoms with Gasteiger partial charge >= 0.3 is 12.1 Å². The van der Waals surface area contributed by atoms with Crippen LogP contribution >= 0.6 is 0 Å². The Kier molecular flexibility index (Phi) is 11.9. The lowest BCUT2D eigenvalue weighted by molar-refractivity contribution is -0.139. The van der Waals surface area contributed by atoms with Crippen LogP contribution in [0.3, 0.4) is 0 Å². The van der Waals surface area contributed by atoms with Crippen molar-refractivity contribution < 1.29 is 36.6 Å². The lowest BCUT2D eigenvalue weighted by Crippen LogP contribution is -2.41. The summed E-state index contributed by atoms with van der Waals surface area (Å²) in [5.41, 5.74) is -0.445. The Morgan fingerprint density at radius 1 is 0.981 bits per heavy atom. The van der Waals surface area contributed by atoms with Gasteiger partial charge in [-0.2, -0.15) is 13.2 Å². The molecule has 1 aromatic heterocycles. The number of carbonyl (C=O) groups is 2. The predicted molar refractivity (Wildman–Crippen MR) is 192 cm³/mol. The number of rotatable bonds is 11. The molecule has 1 aliphatic heterocycles. The molecule has 1 saturated heterocycles. The van der Waals surface area contributed by atoms with E-state index in [0.29, 0.717) is 54.7 Å². The summed E-state index contributed by atoms with van der Waals surface area (Å²) >= 11 is 0. The topological polar surface area (TPSA) is 91.6 Å². The van der Waals surface area contributed by atoms with E-state index < -0.39 is 70.8 Å². The van der Waals surface area contributed by atoms with E-state index in [1.807, 2.05) is 19.1 Å². The zero-order valence-electron chi connectivity index (χ0n) is 30.9. The maximum absolute atomic E-state index is 16.7. The minimum atomic E-state index is -4.82. The van der Waals surface area contributed by atoms with Gasteiger partial charge in [0.2, 0.25) is 5.91 Å². The van der Waals surface area contributed by atoms with Crippen LogP contribution in [-0.2, 0) is 15.8 Å². The van der Waals surface area contributed by atoms with Crippen molar-refractivity contribution in [2.75, 3.05) is 13.1 Å². The third kappa shape index (κ3) is 8.84. The molecule has 0 unspecified atom stereocenters. The van der Waals surface area contributed by atoms with Gasteiger partial charge in [-0.15, -0.1) is 5.92 Å². The molecule has 2 heterocycles. The van der Waals surface area contributed by atoms with Crippen LogP contribution in [0.2, 0.25) is 0 Å². The van der Waals surface area contributed by atoms with Crippen LogP contribution < -0.4 is 10.9 Å². The summed E-state index contributed by atoms with van der Waals surface area (Å²) in [5.74, 6) is -0.238. The van der Waals surface area contributed by atoms with E-state index in [1.165, 1.54) is 13.0 Å². The number of nitrogens with zero attached hydrogens (tertiary/aromatic N) is 2. The molecule has 2 N–H and O–H groups in total. The molecule has 1 aliphatic carbocycles. The molecule has 0 bridgehead atoms. The van der Waals surface area contributed by atoms with Crippen molar-refractivity contribution in [3.63, 3.8) is 0 Å². The first-order valence-corrected chi connectivity index (χ1v) is 18.0. The molecular formula is C41H46F5N3O4. The van der Waals surface area contributed by atoms with Crippen molar-refractivity contribution >= 4 is 11.9 Å². The van der Waals surface area contributed by atoms with Gasteiger partial charge in [0.25, 0.3) is 5.56 Å². The number of hydrogen-bond donors (Lipinski definition) is 2. The maximum atomic E-state index is 16.7. The summed E-state index contributed by atoms with van der Waals surface area (Å²) < 4.78 is 77.2. The molecule has 2 fully saturated rings. The van der Waals surface area contributed by atoms with E-state index in [1.54, 1.807) is 27.7 Å². The summed E-state index contributed by atoms with van der Waals surface area (Å²) in [5, 5.41) is 12.4. The summed E-state index contributed by atoms with van der Waals surface area (Å²) in [7, 11) is 0. The second-order valence-electron chi connectivity index (χ2n) is 14.9. The van der Waals surface area contributed by atoms with Gasteiger partial charge in [0.15, 0.2) is 0 Å². The Morgan fingerprint density at radius 3 is 2.13 bits per heavy atom. The van der Waals surface area contributed by atoms with Crippen LogP contribution in [-0.4, -0.2) is 45.6 Å². The number of pyridine rings is 1. The number of halogens is 5. The number of amides is 1. The van der Waals surface area contributed by atoms with E-state index >= 15 is 8.78 Å². The minimum absolute atomic E-state index is 0.0320. The predicted octanol–water partition coefficient (Wildman–Crippen LogP) is 8.37. The molecule has 284 valence electrons. The van der Waals surface area contributed by atoms with Crippen LogP contribution in [0.25, 0.3) is 11.1 Å². The summed E-state index contributed by atoms with van der Waals surface area (Å²) in [6.07, 6.45) is -1.67. The molecule has 3 aromatic rings. The van der Waals surface area contributed by atoms with Crippen molar-refractivity contribution in [3.05, 3.63) is 91.4 Å². The fourth-order valence-electron chi connectivity index (χ4n) is 7.83. The third-order valence-electron chi connectivity index (χ3n) is 10.3. The number of aliphatic carboxylic acids is 1. The van der Waals surface area contributed by atoms with Crippen molar-refractivity contribution in [2.24, 2.45) is 5.92 Å². The van der Waals surface area contributed by atoms with Crippen molar-refractivity contribution in [2.45, 2.75) is 110 Å². The highest BCUT2D eigenvalue weighted by Gasteiger charge is 2.40. The highest BCUT2D eigenvalue weighted by Crippen LogP contribution is 2.41. The zero-order valence-corrected chi connectivity index (χ0v) is 30.9. The van der Waals surface area contributed by atoms with Crippen LogP contribution in [0.5, 0.6) is 0 Å². The molecule has 2 aromatic carbocycles. The number of aryl methyl sites for hydroxylation is 3. The molecule has 2 atom stereocenters. The zero-order chi connectivity index (χ0) is 38.9. The highest BCUT2D eigenvalue weighted by atomic mass is 19.4. The number of alkyl halides is 3. The number of aromatic nitrogens is 1. The van der Waals surface area contributed by atoms with E-state index in [2.05, 4.69) is 22.1 Å². The molecule has 0 spiro atoms. The second kappa shape index (κ2) is 15.8. The molecule has 1 saturated carbocycles. The number of hydrogen-bond acceptors (Lipinski definition) is 4. The number of piperidine rings is 1. The van der Waals surface area contributed by atoms with E-state index in [9.17, 15) is 32.7 Å². The first-order valence-electron chi connectivity index (χ1n) is 18.0. The number of benzene rings is 2. The standard InChI is InChI=1S/C41H46F5N3O4/c1-7-8-27-18-29(36-24(5)16-23(4)17-25(36)6)39(43)37(38(27)42)32(20-35(51)52)47-40(53)33(15-22(2)3)49-21-30(31(19-34(49)50)41(44,45)46)26-11-13-48(14-12-26)28-9-10-28/h16-19,21-22,26,28,32-33H,9-15,20H2,1-6H3,(H,47,53)(H,51,52)/t32-,33-/m1/s1. The highest BCUT2D eigenvalue weighted by molar-refractivity contribution is 5.82. The largest absolute Gasteiger partial charge is 0.481 e. The van der Waals surface area contributed by atoms with Gasteiger partial charge in [0.05, 0.1) is 23.6 Å². The van der Waals surface area contributed by atoms with Gasteiger partial charge in [0, 0.05) is 29.4 Å². The number of carboxylic acid groups (broad SMARTS) is 1. The maximum Gasteiger partial charge on any atom is 0.416 e. The molecule has 2 aliphatic rings. The van der Waals surface area contributed by atoms with E-state index in [4.69, 9.17) is 0 Å². The molecule has 53 heavy (non-hydrogen) atoms. The first kappa shape index (κ1) is 39.7. The normalized spacial score (nSPS) is 16.6. The number of carbonyl (C=O) groups excluding carboxylic acids is 1. The number of carboxylic acids is 1. The quantitative estimate of drug-likeness (QED) is 0.152. The minimum Gasteiger partial charge on any atom is -0.481 e. The van der Waals surface area contributed by atoms with Crippen molar-refractivity contribution in [3.8, 4) is 23.0 Å². The lowest BCUT2D eigenvalue weighted by Gasteiger charge is -2.34. The van der Waals surface area contributed by atoms with Gasteiger partial charge < -0.3 is 19.9 Å². The molecular weight excluding hydrogens is 693 g/mol. The summed E-state index contributed by atoms with van der Waals surface area (Å²) in [6.45, 7) is 11.6. The van der Waals surface area contributed by atoms with E-state index in [-0.39, 0.29) is 29.0 Å². The average molecular weight is 740 g/mol. The number of nitrogens with one attached hydrogen (secondary N) is 1. The SMILES string of the molecule is CC#Cc1cc(-c2c(C)cc(C)cc2C)c(F)c([C@@H](CC(=O)O)NC(=O)[C@@H](CC(C)C)n2cc(C3CCN(C4CC4)CC3)c(C(F)(F)F)cc2=O)c1F. The lowest BCUT2D eigenvalue weighted by atomic mass is 9.87. The average Bonchev–Trinajstić information content (AvgIpc) is 3.90. The third-order valence-corrected chi connectivity index (χ3v) is 10.3. The van der Waals surface area contributed by atoms with Gasteiger partial charge in [-0.05, 0) is 113 Å².